The molecule has 0 spiro atoms. The molecular weight excluding hydrogens is 420 g/mol. The zero-order valence-corrected chi connectivity index (χ0v) is 20.6. The van der Waals surface area contributed by atoms with Crippen LogP contribution in [-0.2, 0) is 6.54 Å². The van der Waals surface area contributed by atoms with E-state index in [1.54, 1.807) is 26.4 Å². The van der Waals surface area contributed by atoms with E-state index in [0.29, 0.717) is 28.9 Å². The number of ether oxygens (including phenoxy) is 2. The van der Waals surface area contributed by atoms with E-state index >= 15 is 0 Å². The van der Waals surface area contributed by atoms with Crippen LogP contribution in [0, 0.1) is 23.1 Å². The van der Waals surface area contributed by atoms with E-state index in [1.165, 1.54) is 12.1 Å². The maximum absolute atomic E-state index is 11.0. The molecule has 0 unspecified atom stereocenters. The van der Waals surface area contributed by atoms with Gasteiger partial charge in [0.1, 0.15) is 11.5 Å². The Hall–Kier alpha value is -1.54. The minimum absolute atomic E-state index is 0. The molecular formula is C19H18N3O4Rb. The SMILES string of the molecule is COc1ccc(CN=c2[nH]c(C)[c-]c3cc([N+](=O)[O-])ccc23)c(OC)c1.[Rb+]. The van der Waals surface area contributed by atoms with Crippen molar-refractivity contribution in [3.05, 3.63) is 69.3 Å². The third-order valence-electron chi connectivity index (χ3n) is 4.00. The van der Waals surface area contributed by atoms with Crippen molar-refractivity contribution in [2.75, 3.05) is 14.2 Å². The first kappa shape index (κ1) is 21.8. The molecule has 0 radical (unpaired) electrons. The Kier molecular flexibility index (Phi) is 7.73. The van der Waals surface area contributed by atoms with Gasteiger partial charge >= 0.3 is 58.2 Å². The summed E-state index contributed by atoms with van der Waals surface area (Å²) in [6, 6.07) is 13.3. The third kappa shape index (κ3) is 5.04. The first-order chi connectivity index (χ1) is 12.5. The number of hydrogen-bond donors (Lipinski definition) is 1. The molecule has 27 heavy (non-hydrogen) atoms. The standard InChI is InChI=1S/C19H18N3O4.Rb/c1-12-8-14-9-15(22(23)24)5-7-17(14)19(21-12)20-11-13-4-6-16(25-2)10-18(13)26-3;/h4-7,9-10H,11H2,1-3H3,(H,20,21);/q-1;+1. The van der Waals surface area contributed by atoms with Gasteiger partial charge in [-0.05, 0) is 30.8 Å². The average molecular weight is 438 g/mol. The van der Waals surface area contributed by atoms with Gasteiger partial charge < -0.3 is 14.5 Å². The van der Waals surface area contributed by atoms with Gasteiger partial charge in [0.2, 0.25) is 5.69 Å². The summed E-state index contributed by atoms with van der Waals surface area (Å²) in [6.07, 6.45) is 0. The number of aromatic amines is 1. The number of methoxy groups -OCH3 is 2. The Labute approximate surface area is 205 Å². The zero-order valence-electron chi connectivity index (χ0n) is 15.7. The van der Waals surface area contributed by atoms with E-state index in [-0.39, 0.29) is 63.9 Å². The Bertz CT molecular complexity index is 1050. The Morgan fingerprint density at radius 1 is 1.19 bits per heavy atom. The van der Waals surface area contributed by atoms with Gasteiger partial charge in [-0.25, -0.2) is 0 Å². The van der Waals surface area contributed by atoms with E-state index in [1.807, 2.05) is 19.1 Å². The van der Waals surface area contributed by atoms with Gasteiger partial charge in [-0.3, -0.25) is 15.1 Å². The predicted octanol–water partition coefficient (Wildman–Crippen LogP) is 0.307. The number of H-pyrrole nitrogens is 1. The molecule has 0 bridgehead atoms. The van der Waals surface area contributed by atoms with E-state index in [4.69, 9.17) is 9.47 Å². The van der Waals surface area contributed by atoms with Crippen molar-refractivity contribution in [1.29, 1.82) is 0 Å². The van der Waals surface area contributed by atoms with Crippen LogP contribution >= 0.6 is 0 Å². The van der Waals surface area contributed by atoms with Gasteiger partial charge in [0.25, 0.3) is 0 Å². The molecule has 1 N–H and O–H groups in total. The summed E-state index contributed by atoms with van der Waals surface area (Å²) in [5.41, 5.74) is 2.33. The second-order valence-electron chi connectivity index (χ2n) is 5.70. The van der Waals surface area contributed by atoms with E-state index in [0.717, 1.165) is 16.6 Å². The van der Waals surface area contributed by atoms with Gasteiger partial charge in [0.15, 0.2) is 0 Å². The number of aromatic nitrogens is 1. The second-order valence-corrected chi connectivity index (χ2v) is 5.70. The van der Waals surface area contributed by atoms with Crippen LogP contribution in [0.1, 0.15) is 11.3 Å². The maximum Gasteiger partial charge on any atom is 1.00 e. The number of fused-ring (bicyclic) bond motifs is 1. The number of hydrogen-bond acceptors (Lipinski definition) is 5. The molecule has 2 aromatic carbocycles. The minimum Gasteiger partial charge on any atom is -0.497 e. The summed E-state index contributed by atoms with van der Waals surface area (Å²) in [5.74, 6) is 1.40. The fraction of sp³-hybridized carbons (Fsp3) is 0.211. The van der Waals surface area contributed by atoms with E-state index in [2.05, 4.69) is 16.0 Å². The fourth-order valence-corrected chi connectivity index (χ4v) is 2.71. The normalized spacial score (nSPS) is 11.1. The average Bonchev–Trinajstić information content (AvgIpc) is 2.65. The molecule has 0 aliphatic rings. The molecule has 1 aromatic heterocycles. The van der Waals surface area contributed by atoms with Crippen molar-refractivity contribution < 1.29 is 72.6 Å². The predicted molar refractivity (Wildman–Crippen MR) is 97.3 cm³/mol. The van der Waals surface area contributed by atoms with Crippen LogP contribution in [0.2, 0.25) is 0 Å². The number of pyridine rings is 1. The largest absolute Gasteiger partial charge is 1.00 e. The van der Waals surface area contributed by atoms with Gasteiger partial charge in [-0.2, -0.15) is 11.5 Å². The molecule has 134 valence electrons. The van der Waals surface area contributed by atoms with E-state index in [9.17, 15) is 10.1 Å². The molecule has 0 atom stereocenters. The van der Waals surface area contributed by atoms with Crippen molar-refractivity contribution in [2.45, 2.75) is 13.5 Å². The molecule has 8 heteroatoms. The Morgan fingerprint density at radius 2 is 1.96 bits per heavy atom. The monoisotopic (exact) mass is 437 g/mol. The molecule has 0 amide bonds. The minimum atomic E-state index is -0.418. The van der Waals surface area contributed by atoms with Crippen molar-refractivity contribution in [3.8, 4) is 11.5 Å². The van der Waals surface area contributed by atoms with Crippen LogP contribution in [0.25, 0.3) is 10.8 Å². The summed E-state index contributed by atoms with van der Waals surface area (Å²) in [7, 11) is 3.20. The van der Waals surface area contributed by atoms with E-state index < -0.39 is 4.92 Å². The number of rotatable bonds is 5. The molecule has 3 aromatic rings. The molecule has 7 nitrogen and oxygen atoms in total. The molecule has 3 rings (SSSR count). The summed E-state index contributed by atoms with van der Waals surface area (Å²) in [5, 5.41) is 12.4. The summed E-state index contributed by atoms with van der Waals surface area (Å²) in [4.78, 5) is 18.4. The Morgan fingerprint density at radius 3 is 2.63 bits per heavy atom. The first-order valence-electron chi connectivity index (χ1n) is 7.93. The molecule has 0 aliphatic heterocycles. The van der Waals surface area contributed by atoms with Crippen LogP contribution in [0.3, 0.4) is 0 Å². The van der Waals surface area contributed by atoms with Crippen molar-refractivity contribution in [1.82, 2.24) is 4.98 Å². The molecule has 0 aliphatic carbocycles. The first-order valence-corrected chi connectivity index (χ1v) is 7.93. The van der Waals surface area contributed by atoms with Gasteiger partial charge in [0, 0.05) is 16.6 Å². The topological polar surface area (TPSA) is 89.8 Å². The number of non-ortho nitro benzene ring substituents is 1. The van der Waals surface area contributed by atoms with Crippen LogP contribution in [0.4, 0.5) is 5.69 Å². The molecule has 0 saturated carbocycles. The van der Waals surface area contributed by atoms with Crippen molar-refractivity contribution in [2.24, 2.45) is 4.99 Å². The van der Waals surface area contributed by atoms with Gasteiger partial charge in [-0.15, -0.1) is 6.07 Å². The maximum atomic E-state index is 11.0. The number of benzene rings is 2. The van der Waals surface area contributed by atoms with Gasteiger partial charge in [-0.1, -0.05) is 11.5 Å². The third-order valence-corrected chi connectivity index (χ3v) is 4.00. The molecule has 0 fully saturated rings. The van der Waals surface area contributed by atoms with Crippen molar-refractivity contribution >= 4 is 16.5 Å². The van der Waals surface area contributed by atoms with Crippen molar-refractivity contribution in [3.63, 3.8) is 0 Å². The molecule has 0 saturated heterocycles. The number of nitrogens with one attached hydrogen (secondary N) is 1. The van der Waals surface area contributed by atoms with Crippen LogP contribution < -0.4 is 73.1 Å². The Balaban J connectivity index is 0.00000261. The van der Waals surface area contributed by atoms with Crippen LogP contribution in [-0.4, -0.2) is 24.1 Å². The summed E-state index contributed by atoms with van der Waals surface area (Å²) < 4.78 is 10.6. The number of nitrogens with zero attached hydrogens (tertiary/aromatic N) is 2. The second kappa shape index (κ2) is 9.59. The number of nitro groups is 1. The van der Waals surface area contributed by atoms with Gasteiger partial charge in [0.05, 0.1) is 26.3 Å². The number of aryl methyl sites for hydroxylation is 1. The zero-order chi connectivity index (χ0) is 18.7. The molecule has 1 heterocycles. The fourth-order valence-electron chi connectivity index (χ4n) is 2.71. The summed E-state index contributed by atoms with van der Waals surface area (Å²) >= 11 is 0. The number of nitro benzene ring substituents is 1. The van der Waals surface area contributed by atoms with Crippen LogP contribution in [0.15, 0.2) is 41.4 Å². The van der Waals surface area contributed by atoms with Crippen LogP contribution in [0.5, 0.6) is 11.5 Å². The smallest absolute Gasteiger partial charge is 0.497 e. The summed E-state index contributed by atoms with van der Waals surface area (Å²) in [6.45, 7) is 2.23. The quantitative estimate of drug-likeness (QED) is 0.353.